The van der Waals surface area contributed by atoms with Crippen molar-refractivity contribution < 1.29 is 9.47 Å². The van der Waals surface area contributed by atoms with Gasteiger partial charge in [-0.2, -0.15) is 0 Å². The molecule has 1 fully saturated rings. The minimum Gasteiger partial charge on any atom is -0.382 e. The smallest absolute Gasteiger partial charge is 0.0704 e. The maximum atomic E-state index is 5.53. The van der Waals surface area contributed by atoms with Crippen LogP contribution >= 0.6 is 0 Å². The SMILES string of the molecule is CCC1CC(OCCOC)C1. The van der Waals surface area contributed by atoms with Crippen molar-refractivity contribution in [2.24, 2.45) is 5.92 Å². The van der Waals surface area contributed by atoms with Crippen molar-refractivity contribution in [3.63, 3.8) is 0 Å². The first kappa shape index (κ1) is 9.01. The molecule has 0 amide bonds. The summed E-state index contributed by atoms with van der Waals surface area (Å²) < 4.78 is 10.4. The lowest BCUT2D eigenvalue weighted by Gasteiger charge is -2.34. The van der Waals surface area contributed by atoms with E-state index in [-0.39, 0.29) is 0 Å². The van der Waals surface area contributed by atoms with E-state index in [4.69, 9.17) is 9.47 Å². The molecule has 0 heterocycles. The fourth-order valence-corrected chi connectivity index (χ4v) is 1.44. The van der Waals surface area contributed by atoms with Crippen molar-refractivity contribution in [1.82, 2.24) is 0 Å². The van der Waals surface area contributed by atoms with Crippen molar-refractivity contribution in [2.75, 3.05) is 20.3 Å². The molecular weight excluding hydrogens is 140 g/mol. The number of rotatable bonds is 5. The zero-order valence-corrected chi connectivity index (χ0v) is 7.51. The van der Waals surface area contributed by atoms with Crippen LogP contribution < -0.4 is 0 Å². The molecule has 0 aliphatic heterocycles. The van der Waals surface area contributed by atoms with Gasteiger partial charge in [0, 0.05) is 7.11 Å². The zero-order chi connectivity index (χ0) is 8.10. The van der Waals surface area contributed by atoms with Gasteiger partial charge in [-0.15, -0.1) is 0 Å². The number of ether oxygens (including phenoxy) is 2. The average molecular weight is 158 g/mol. The van der Waals surface area contributed by atoms with Crippen LogP contribution in [-0.2, 0) is 9.47 Å². The zero-order valence-electron chi connectivity index (χ0n) is 7.51. The quantitative estimate of drug-likeness (QED) is 0.568. The predicted molar refractivity (Wildman–Crippen MR) is 44.6 cm³/mol. The molecule has 1 aliphatic carbocycles. The summed E-state index contributed by atoms with van der Waals surface area (Å²) in [7, 11) is 1.71. The highest BCUT2D eigenvalue weighted by molar-refractivity contribution is 4.78. The highest BCUT2D eigenvalue weighted by atomic mass is 16.5. The van der Waals surface area contributed by atoms with Crippen LogP contribution in [0.15, 0.2) is 0 Å². The van der Waals surface area contributed by atoms with Crippen LogP contribution in [0.4, 0.5) is 0 Å². The number of hydrogen-bond donors (Lipinski definition) is 0. The first-order valence-corrected chi connectivity index (χ1v) is 4.47. The van der Waals surface area contributed by atoms with E-state index >= 15 is 0 Å². The number of methoxy groups -OCH3 is 1. The minimum absolute atomic E-state index is 0.537. The maximum absolute atomic E-state index is 5.53. The molecule has 0 aromatic rings. The molecule has 0 aromatic carbocycles. The first-order valence-electron chi connectivity index (χ1n) is 4.47. The molecule has 66 valence electrons. The summed E-state index contributed by atoms with van der Waals surface area (Å²) in [5, 5.41) is 0. The topological polar surface area (TPSA) is 18.5 Å². The molecule has 0 unspecified atom stereocenters. The molecule has 1 aliphatic rings. The molecular formula is C9H18O2. The Bertz CT molecular complexity index is 97.7. The second kappa shape index (κ2) is 4.73. The Morgan fingerprint density at radius 3 is 2.55 bits per heavy atom. The molecule has 1 rings (SSSR count). The summed E-state index contributed by atoms with van der Waals surface area (Å²) in [6.07, 6.45) is 4.37. The van der Waals surface area contributed by atoms with E-state index in [9.17, 15) is 0 Å². The normalized spacial score (nSPS) is 30.0. The molecule has 0 bridgehead atoms. The van der Waals surface area contributed by atoms with E-state index in [0.29, 0.717) is 6.10 Å². The Morgan fingerprint density at radius 2 is 2.00 bits per heavy atom. The van der Waals surface area contributed by atoms with Crippen LogP contribution in [0.3, 0.4) is 0 Å². The lowest BCUT2D eigenvalue weighted by atomic mass is 9.80. The van der Waals surface area contributed by atoms with Crippen LogP contribution in [-0.4, -0.2) is 26.4 Å². The predicted octanol–water partition coefficient (Wildman–Crippen LogP) is 1.84. The summed E-state index contributed by atoms with van der Waals surface area (Å²) in [6, 6.07) is 0. The number of hydrogen-bond acceptors (Lipinski definition) is 2. The van der Waals surface area contributed by atoms with E-state index in [2.05, 4.69) is 6.92 Å². The Hall–Kier alpha value is -0.0800. The Balaban J connectivity index is 1.88. The van der Waals surface area contributed by atoms with Crippen molar-refractivity contribution in [3.05, 3.63) is 0 Å². The van der Waals surface area contributed by atoms with E-state index in [1.165, 1.54) is 19.3 Å². The summed E-state index contributed by atoms with van der Waals surface area (Å²) in [4.78, 5) is 0. The Labute approximate surface area is 68.9 Å². The van der Waals surface area contributed by atoms with Gasteiger partial charge in [0.15, 0.2) is 0 Å². The highest BCUT2D eigenvalue weighted by Crippen LogP contribution is 2.32. The lowest BCUT2D eigenvalue weighted by Crippen LogP contribution is -2.31. The van der Waals surface area contributed by atoms with Crippen molar-refractivity contribution in [1.29, 1.82) is 0 Å². The van der Waals surface area contributed by atoms with Gasteiger partial charge >= 0.3 is 0 Å². The van der Waals surface area contributed by atoms with Gasteiger partial charge < -0.3 is 9.47 Å². The van der Waals surface area contributed by atoms with Crippen LogP contribution in [0.2, 0.25) is 0 Å². The average Bonchev–Trinajstić information content (AvgIpc) is 1.94. The third kappa shape index (κ3) is 2.80. The van der Waals surface area contributed by atoms with Crippen LogP contribution in [0, 0.1) is 5.92 Å². The summed E-state index contributed by atoms with van der Waals surface area (Å²) >= 11 is 0. The standard InChI is InChI=1S/C9H18O2/c1-3-8-6-9(7-8)11-5-4-10-2/h8-9H,3-7H2,1-2H3. The maximum Gasteiger partial charge on any atom is 0.0704 e. The Kier molecular flexibility index (Phi) is 3.87. The van der Waals surface area contributed by atoms with Gasteiger partial charge in [0.2, 0.25) is 0 Å². The van der Waals surface area contributed by atoms with Gasteiger partial charge in [0.05, 0.1) is 19.3 Å². The minimum atomic E-state index is 0.537. The van der Waals surface area contributed by atoms with E-state index in [1.807, 2.05) is 0 Å². The monoisotopic (exact) mass is 158 g/mol. The molecule has 0 radical (unpaired) electrons. The third-order valence-corrected chi connectivity index (χ3v) is 2.41. The second-order valence-electron chi connectivity index (χ2n) is 3.23. The molecule has 0 N–H and O–H groups in total. The molecule has 2 heteroatoms. The molecule has 11 heavy (non-hydrogen) atoms. The summed E-state index contributed by atoms with van der Waals surface area (Å²) in [5.41, 5.74) is 0. The van der Waals surface area contributed by atoms with Crippen LogP contribution in [0.25, 0.3) is 0 Å². The fraction of sp³-hybridized carbons (Fsp3) is 1.00. The van der Waals surface area contributed by atoms with E-state index in [0.717, 1.165) is 19.1 Å². The van der Waals surface area contributed by atoms with Crippen LogP contribution in [0.5, 0.6) is 0 Å². The largest absolute Gasteiger partial charge is 0.382 e. The molecule has 0 aromatic heterocycles. The molecule has 0 saturated heterocycles. The van der Waals surface area contributed by atoms with Crippen molar-refractivity contribution >= 4 is 0 Å². The first-order chi connectivity index (χ1) is 5.36. The Morgan fingerprint density at radius 1 is 1.27 bits per heavy atom. The van der Waals surface area contributed by atoms with Gasteiger partial charge in [-0.3, -0.25) is 0 Å². The lowest BCUT2D eigenvalue weighted by molar-refractivity contribution is -0.0479. The fourth-order valence-electron chi connectivity index (χ4n) is 1.44. The van der Waals surface area contributed by atoms with Crippen molar-refractivity contribution in [3.8, 4) is 0 Å². The van der Waals surface area contributed by atoms with Gasteiger partial charge in [-0.25, -0.2) is 0 Å². The molecule has 0 spiro atoms. The molecule has 2 nitrogen and oxygen atoms in total. The van der Waals surface area contributed by atoms with Crippen LogP contribution in [0.1, 0.15) is 26.2 Å². The summed E-state index contributed by atoms with van der Waals surface area (Å²) in [6.45, 7) is 3.74. The summed E-state index contributed by atoms with van der Waals surface area (Å²) in [5.74, 6) is 0.933. The van der Waals surface area contributed by atoms with Gasteiger partial charge in [0.1, 0.15) is 0 Å². The highest BCUT2D eigenvalue weighted by Gasteiger charge is 2.27. The van der Waals surface area contributed by atoms with Crippen molar-refractivity contribution in [2.45, 2.75) is 32.3 Å². The van der Waals surface area contributed by atoms with Gasteiger partial charge in [0.25, 0.3) is 0 Å². The molecule has 1 saturated carbocycles. The molecule has 0 atom stereocenters. The third-order valence-electron chi connectivity index (χ3n) is 2.41. The van der Waals surface area contributed by atoms with Gasteiger partial charge in [-0.05, 0) is 18.8 Å². The van der Waals surface area contributed by atoms with Gasteiger partial charge in [-0.1, -0.05) is 13.3 Å². The second-order valence-corrected chi connectivity index (χ2v) is 3.23. The van der Waals surface area contributed by atoms with E-state index < -0.39 is 0 Å². The van der Waals surface area contributed by atoms with E-state index in [1.54, 1.807) is 7.11 Å².